The monoisotopic (exact) mass is 378 g/mol. The van der Waals surface area contributed by atoms with Gasteiger partial charge >= 0.3 is 0 Å². The van der Waals surface area contributed by atoms with Crippen LogP contribution in [-0.2, 0) is 0 Å². The average molecular weight is 378 g/mol. The molecule has 7 nitrogen and oxygen atoms in total. The van der Waals surface area contributed by atoms with E-state index in [1.807, 2.05) is 19.9 Å². The predicted molar refractivity (Wildman–Crippen MR) is 107 cm³/mol. The predicted octanol–water partition coefficient (Wildman–Crippen LogP) is 2.25. The van der Waals surface area contributed by atoms with Gasteiger partial charge in [-0.1, -0.05) is 0 Å². The van der Waals surface area contributed by atoms with Crippen LogP contribution < -0.4 is 11.1 Å². The highest BCUT2D eigenvalue weighted by atomic mass is 16.2. The van der Waals surface area contributed by atoms with Crippen LogP contribution >= 0.6 is 0 Å². The lowest BCUT2D eigenvalue weighted by Crippen LogP contribution is -2.40. The summed E-state index contributed by atoms with van der Waals surface area (Å²) in [5, 5.41) is 0.577. The number of hydrogen-bond donors (Lipinski definition) is 2. The van der Waals surface area contributed by atoms with Crippen LogP contribution in [0.5, 0.6) is 0 Å². The van der Waals surface area contributed by atoms with Crippen LogP contribution in [0.4, 0.5) is 0 Å². The number of aryl methyl sites for hydroxylation is 2. The Bertz CT molecular complexity index is 1170. The van der Waals surface area contributed by atoms with Gasteiger partial charge in [0.1, 0.15) is 5.56 Å². The topological polar surface area (TPSA) is 98.9 Å². The number of aromatic amines is 2. The van der Waals surface area contributed by atoms with Gasteiger partial charge in [0.15, 0.2) is 0 Å². The number of H-pyrrole nitrogens is 2. The van der Waals surface area contributed by atoms with Gasteiger partial charge in [0.2, 0.25) is 0 Å². The summed E-state index contributed by atoms with van der Waals surface area (Å²) in [6, 6.07) is 7.09. The van der Waals surface area contributed by atoms with E-state index in [-0.39, 0.29) is 28.5 Å². The molecule has 144 valence electrons. The molecule has 0 aromatic carbocycles. The summed E-state index contributed by atoms with van der Waals surface area (Å²) in [6.07, 6.45) is 3.12. The molecule has 0 unspecified atom stereocenters. The number of likely N-dealkylation sites (tertiary alicyclic amines) is 1. The lowest BCUT2D eigenvalue weighted by molar-refractivity contribution is 0.0710. The minimum atomic E-state index is -0.347. The summed E-state index contributed by atoms with van der Waals surface area (Å²) < 4.78 is 0. The van der Waals surface area contributed by atoms with E-state index < -0.39 is 0 Å². The standard InChI is InChI=1S/C21H22N4O3/c1-12-10-16(20(27)23-13(12)2)21(28)25-8-5-14(6-9-25)17-11-18-15(19(26)24-17)4-3-7-22-18/h3-4,7,10-11,14H,5-6,8-9H2,1-2H3,(H,23,27)(H,24,26). The van der Waals surface area contributed by atoms with Crippen molar-refractivity contribution in [2.45, 2.75) is 32.6 Å². The lowest BCUT2D eigenvalue weighted by atomic mass is 9.92. The molecular weight excluding hydrogens is 356 g/mol. The molecule has 1 amide bonds. The molecule has 0 aliphatic carbocycles. The third-order valence-electron chi connectivity index (χ3n) is 5.58. The van der Waals surface area contributed by atoms with Crippen molar-refractivity contribution in [1.29, 1.82) is 0 Å². The number of carbonyl (C=O) groups excluding carboxylic acids is 1. The Kier molecular flexibility index (Phi) is 4.58. The van der Waals surface area contributed by atoms with E-state index in [0.717, 1.165) is 29.8 Å². The third-order valence-corrected chi connectivity index (χ3v) is 5.58. The van der Waals surface area contributed by atoms with Gasteiger partial charge in [-0.25, -0.2) is 0 Å². The largest absolute Gasteiger partial charge is 0.338 e. The lowest BCUT2D eigenvalue weighted by Gasteiger charge is -2.32. The number of hydrogen-bond acceptors (Lipinski definition) is 4. The van der Waals surface area contributed by atoms with E-state index in [1.54, 1.807) is 29.3 Å². The Labute approximate surface area is 161 Å². The minimum absolute atomic E-state index is 0.138. The number of piperidine rings is 1. The summed E-state index contributed by atoms with van der Waals surface area (Å²) >= 11 is 0. The molecule has 1 aliphatic heterocycles. The normalized spacial score (nSPS) is 15.1. The first-order valence-electron chi connectivity index (χ1n) is 9.42. The molecule has 0 radical (unpaired) electrons. The van der Waals surface area contributed by atoms with Gasteiger partial charge in [0.05, 0.1) is 10.9 Å². The zero-order chi connectivity index (χ0) is 19.8. The van der Waals surface area contributed by atoms with Gasteiger partial charge in [0.25, 0.3) is 17.0 Å². The Hall–Kier alpha value is -3.22. The molecule has 0 saturated carbocycles. The maximum Gasteiger partial charge on any atom is 0.261 e. The number of nitrogens with zero attached hydrogens (tertiary/aromatic N) is 2. The quantitative estimate of drug-likeness (QED) is 0.714. The summed E-state index contributed by atoms with van der Waals surface area (Å²) in [5.74, 6) is -0.0855. The van der Waals surface area contributed by atoms with Gasteiger partial charge in [-0.3, -0.25) is 19.4 Å². The van der Waals surface area contributed by atoms with E-state index in [9.17, 15) is 14.4 Å². The maximum atomic E-state index is 12.8. The first-order valence-corrected chi connectivity index (χ1v) is 9.42. The Morgan fingerprint density at radius 2 is 1.86 bits per heavy atom. The number of pyridine rings is 3. The Morgan fingerprint density at radius 1 is 1.11 bits per heavy atom. The van der Waals surface area contributed by atoms with Gasteiger partial charge in [-0.05, 0) is 56.5 Å². The highest BCUT2D eigenvalue weighted by Gasteiger charge is 2.27. The molecule has 1 saturated heterocycles. The number of amides is 1. The molecular formula is C21H22N4O3. The van der Waals surface area contributed by atoms with Crippen LogP contribution in [0, 0.1) is 13.8 Å². The van der Waals surface area contributed by atoms with Crippen LogP contribution in [0.3, 0.4) is 0 Å². The van der Waals surface area contributed by atoms with Gasteiger partial charge in [-0.15, -0.1) is 0 Å². The molecule has 4 heterocycles. The van der Waals surface area contributed by atoms with E-state index >= 15 is 0 Å². The first-order chi connectivity index (χ1) is 13.4. The molecule has 1 aliphatic rings. The molecule has 3 aromatic rings. The smallest absolute Gasteiger partial charge is 0.261 e. The number of nitrogens with one attached hydrogen (secondary N) is 2. The molecule has 0 spiro atoms. The SMILES string of the molecule is Cc1cc(C(=O)N2CCC(c3cc4ncccc4c(=O)[nH]3)CC2)c(=O)[nH]c1C. The van der Waals surface area contributed by atoms with Crippen molar-refractivity contribution in [3.63, 3.8) is 0 Å². The molecule has 0 atom stereocenters. The summed E-state index contributed by atoms with van der Waals surface area (Å²) in [6.45, 7) is 4.77. The highest BCUT2D eigenvalue weighted by Crippen LogP contribution is 2.27. The number of rotatable bonds is 2. The molecule has 28 heavy (non-hydrogen) atoms. The second kappa shape index (κ2) is 7.07. The van der Waals surface area contributed by atoms with Crippen molar-refractivity contribution < 1.29 is 4.79 Å². The fourth-order valence-corrected chi connectivity index (χ4v) is 3.78. The fraction of sp³-hybridized carbons (Fsp3) is 0.333. The van der Waals surface area contributed by atoms with E-state index in [1.165, 1.54) is 0 Å². The molecule has 3 aromatic heterocycles. The number of carbonyl (C=O) groups is 1. The first kappa shape index (κ1) is 18.2. The second-order valence-electron chi connectivity index (χ2n) is 7.38. The van der Waals surface area contributed by atoms with Crippen molar-refractivity contribution in [3.05, 3.63) is 73.7 Å². The van der Waals surface area contributed by atoms with E-state index in [4.69, 9.17) is 0 Å². The van der Waals surface area contributed by atoms with Gasteiger partial charge in [-0.2, -0.15) is 0 Å². The molecule has 0 bridgehead atoms. The van der Waals surface area contributed by atoms with Gasteiger partial charge in [0, 0.05) is 36.6 Å². The molecule has 2 N–H and O–H groups in total. The number of fused-ring (bicyclic) bond motifs is 1. The summed E-state index contributed by atoms with van der Waals surface area (Å²) in [4.78, 5) is 49.0. The fourth-order valence-electron chi connectivity index (χ4n) is 3.78. The van der Waals surface area contributed by atoms with E-state index in [0.29, 0.717) is 24.0 Å². The molecule has 1 fully saturated rings. The summed E-state index contributed by atoms with van der Waals surface area (Å²) in [7, 11) is 0. The van der Waals surface area contributed by atoms with Crippen molar-refractivity contribution in [2.75, 3.05) is 13.1 Å². The van der Waals surface area contributed by atoms with Crippen molar-refractivity contribution in [3.8, 4) is 0 Å². The van der Waals surface area contributed by atoms with Crippen LogP contribution in [0.25, 0.3) is 10.9 Å². The number of aromatic nitrogens is 3. The van der Waals surface area contributed by atoms with Crippen LogP contribution in [-0.4, -0.2) is 38.8 Å². The van der Waals surface area contributed by atoms with Crippen molar-refractivity contribution in [1.82, 2.24) is 19.9 Å². The van der Waals surface area contributed by atoms with Crippen LogP contribution in [0.15, 0.2) is 40.1 Å². The zero-order valence-corrected chi connectivity index (χ0v) is 15.9. The third kappa shape index (κ3) is 3.24. The summed E-state index contributed by atoms with van der Waals surface area (Å²) in [5.41, 5.74) is 2.90. The van der Waals surface area contributed by atoms with Crippen LogP contribution in [0.2, 0.25) is 0 Å². The Morgan fingerprint density at radius 3 is 2.61 bits per heavy atom. The minimum Gasteiger partial charge on any atom is -0.338 e. The van der Waals surface area contributed by atoms with Crippen molar-refractivity contribution >= 4 is 16.8 Å². The molecule has 7 heteroatoms. The second-order valence-corrected chi connectivity index (χ2v) is 7.38. The zero-order valence-electron chi connectivity index (χ0n) is 15.9. The highest BCUT2D eigenvalue weighted by molar-refractivity contribution is 5.94. The van der Waals surface area contributed by atoms with E-state index in [2.05, 4.69) is 15.0 Å². The Balaban J connectivity index is 1.52. The van der Waals surface area contributed by atoms with Crippen molar-refractivity contribution in [2.24, 2.45) is 0 Å². The van der Waals surface area contributed by atoms with Gasteiger partial charge < -0.3 is 14.9 Å². The average Bonchev–Trinajstić information content (AvgIpc) is 2.70. The van der Waals surface area contributed by atoms with Crippen LogP contribution in [0.1, 0.15) is 46.1 Å². The molecule has 4 rings (SSSR count). The maximum absolute atomic E-state index is 12.8.